The molecule has 0 heterocycles. The molecule has 12 heavy (non-hydrogen) atoms. The maximum Gasteiger partial charge on any atom is 0.309 e. The predicted octanol–water partition coefficient (Wildman–Crippen LogP) is 1.23. The second-order valence-electron chi connectivity index (χ2n) is 2.75. The number of carbonyl (C=O) groups excluding carboxylic acids is 2. The van der Waals surface area contributed by atoms with Crippen molar-refractivity contribution in [2.24, 2.45) is 0 Å². The van der Waals surface area contributed by atoms with Crippen molar-refractivity contribution in [2.45, 2.75) is 26.2 Å². The first-order chi connectivity index (χ1) is 5.72. The zero-order valence-electron chi connectivity index (χ0n) is 7.13. The lowest BCUT2D eigenvalue weighted by atomic mass is 10.2. The average molecular weight is 168 g/mol. The Kier molecular flexibility index (Phi) is 3.02. The van der Waals surface area contributed by atoms with Crippen LogP contribution in [0.1, 0.15) is 26.2 Å². The molecular formula is C9H12O3. The molecule has 0 aromatic rings. The van der Waals surface area contributed by atoms with Gasteiger partial charge in [-0.15, -0.1) is 0 Å². The number of rotatable bonds is 3. The summed E-state index contributed by atoms with van der Waals surface area (Å²) >= 11 is 0. The fourth-order valence-electron chi connectivity index (χ4n) is 1.19. The number of ketones is 1. The van der Waals surface area contributed by atoms with Gasteiger partial charge < -0.3 is 4.74 Å². The Morgan fingerprint density at radius 3 is 2.83 bits per heavy atom. The molecule has 3 nitrogen and oxygen atoms in total. The molecule has 0 aromatic heterocycles. The zero-order chi connectivity index (χ0) is 8.97. The first kappa shape index (κ1) is 8.97. The standard InChI is InChI=1S/C9H12O3/c1-2-12-9(11)6-7-3-4-8(10)5-7/h5H,2-4,6H2,1H3. The van der Waals surface area contributed by atoms with E-state index >= 15 is 0 Å². The van der Waals surface area contributed by atoms with E-state index < -0.39 is 0 Å². The van der Waals surface area contributed by atoms with Crippen LogP contribution in [0.15, 0.2) is 11.6 Å². The smallest absolute Gasteiger partial charge is 0.309 e. The van der Waals surface area contributed by atoms with Crippen molar-refractivity contribution < 1.29 is 14.3 Å². The molecule has 3 heteroatoms. The minimum Gasteiger partial charge on any atom is -0.466 e. The van der Waals surface area contributed by atoms with Gasteiger partial charge in [-0.1, -0.05) is 5.57 Å². The lowest BCUT2D eigenvalue weighted by molar-refractivity contribution is -0.142. The molecule has 66 valence electrons. The highest BCUT2D eigenvalue weighted by molar-refractivity contribution is 5.94. The van der Waals surface area contributed by atoms with Gasteiger partial charge in [-0.05, 0) is 19.4 Å². The Bertz CT molecular complexity index is 228. The second-order valence-corrected chi connectivity index (χ2v) is 2.75. The van der Waals surface area contributed by atoms with Crippen molar-refractivity contribution in [3.8, 4) is 0 Å². The van der Waals surface area contributed by atoms with E-state index in [2.05, 4.69) is 0 Å². The highest BCUT2D eigenvalue weighted by atomic mass is 16.5. The summed E-state index contributed by atoms with van der Waals surface area (Å²) in [6.07, 6.45) is 3.10. The summed E-state index contributed by atoms with van der Waals surface area (Å²) < 4.78 is 4.75. The van der Waals surface area contributed by atoms with E-state index in [1.807, 2.05) is 0 Å². The Hall–Kier alpha value is -1.12. The molecule has 0 bridgehead atoms. The molecule has 0 N–H and O–H groups in total. The zero-order valence-corrected chi connectivity index (χ0v) is 7.13. The fraction of sp³-hybridized carbons (Fsp3) is 0.556. The third-order valence-electron chi connectivity index (χ3n) is 1.73. The van der Waals surface area contributed by atoms with Crippen LogP contribution in [-0.4, -0.2) is 18.4 Å². The lowest BCUT2D eigenvalue weighted by Gasteiger charge is -2.00. The lowest BCUT2D eigenvalue weighted by Crippen LogP contribution is -2.04. The molecule has 0 aliphatic heterocycles. The first-order valence-corrected chi connectivity index (χ1v) is 4.10. The van der Waals surface area contributed by atoms with E-state index in [4.69, 9.17) is 4.74 Å². The van der Waals surface area contributed by atoms with Gasteiger partial charge >= 0.3 is 5.97 Å². The summed E-state index contributed by atoms with van der Waals surface area (Å²) in [4.78, 5) is 21.7. The van der Waals surface area contributed by atoms with Gasteiger partial charge in [0.05, 0.1) is 13.0 Å². The van der Waals surface area contributed by atoms with Crippen LogP contribution >= 0.6 is 0 Å². The maximum atomic E-state index is 10.9. The number of ether oxygens (including phenoxy) is 1. The van der Waals surface area contributed by atoms with E-state index in [9.17, 15) is 9.59 Å². The molecule has 1 aliphatic carbocycles. The fourth-order valence-corrected chi connectivity index (χ4v) is 1.19. The summed E-state index contributed by atoms with van der Waals surface area (Å²) in [6, 6.07) is 0. The number of hydrogen-bond acceptors (Lipinski definition) is 3. The molecule has 1 aliphatic rings. The molecule has 0 saturated carbocycles. The van der Waals surface area contributed by atoms with Crippen LogP contribution in [0.3, 0.4) is 0 Å². The number of allylic oxidation sites excluding steroid dienone is 1. The van der Waals surface area contributed by atoms with Crippen molar-refractivity contribution in [1.82, 2.24) is 0 Å². The third kappa shape index (κ3) is 2.49. The minimum absolute atomic E-state index is 0.120. The predicted molar refractivity (Wildman–Crippen MR) is 43.6 cm³/mol. The van der Waals surface area contributed by atoms with Crippen LogP contribution in [0.5, 0.6) is 0 Å². The van der Waals surface area contributed by atoms with Crippen molar-refractivity contribution in [2.75, 3.05) is 6.61 Å². The molecule has 0 radical (unpaired) electrons. The minimum atomic E-state index is -0.238. The highest BCUT2D eigenvalue weighted by Gasteiger charge is 2.14. The first-order valence-electron chi connectivity index (χ1n) is 4.10. The van der Waals surface area contributed by atoms with Crippen LogP contribution in [-0.2, 0) is 14.3 Å². The maximum absolute atomic E-state index is 10.9. The SMILES string of the molecule is CCOC(=O)CC1=CC(=O)CC1. The molecule has 0 saturated heterocycles. The summed E-state index contributed by atoms with van der Waals surface area (Å²) in [7, 11) is 0. The molecule has 0 aromatic carbocycles. The van der Waals surface area contributed by atoms with E-state index in [-0.39, 0.29) is 18.2 Å². The number of esters is 1. The molecule has 1 rings (SSSR count). The van der Waals surface area contributed by atoms with Crippen molar-refractivity contribution in [1.29, 1.82) is 0 Å². The van der Waals surface area contributed by atoms with Gasteiger partial charge in [0.25, 0.3) is 0 Å². The van der Waals surface area contributed by atoms with Crippen molar-refractivity contribution in [3.05, 3.63) is 11.6 Å². The molecule has 0 atom stereocenters. The molecule has 0 unspecified atom stereocenters. The molecular weight excluding hydrogens is 156 g/mol. The molecule has 0 spiro atoms. The number of carbonyl (C=O) groups is 2. The Morgan fingerprint density at radius 1 is 1.58 bits per heavy atom. The molecule has 0 amide bonds. The third-order valence-corrected chi connectivity index (χ3v) is 1.73. The van der Waals surface area contributed by atoms with Gasteiger partial charge in [-0.3, -0.25) is 9.59 Å². The average Bonchev–Trinajstić information content (AvgIpc) is 2.36. The van der Waals surface area contributed by atoms with E-state index in [1.165, 1.54) is 0 Å². The van der Waals surface area contributed by atoms with Gasteiger partial charge in [0.1, 0.15) is 0 Å². The Balaban J connectivity index is 2.36. The largest absolute Gasteiger partial charge is 0.466 e. The van der Waals surface area contributed by atoms with Crippen molar-refractivity contribution >= 4 is 11.8 Å². The van der Waals surface area contributed by atoms with Gasteiger partial charge in [0.15, 0.2) is 5.78 Å². The monoisotopic (exact) mass is 168 g/mol. The Labute approximate surface area is 71.4 Å². The summed E-state index contributed by atoms with van der Waals surface area (Å²) in [5, 5.41) is 0. The van der Waals surface area contributed by atoms with E-state index in [0.717, 1.165) is 12.0 Å². The van der Waals surface area contributed by atoms with Crippen LogP contribution in [0, 0.1) is 0 Å². The molecule has 0 fully saturated rings. The van der Waals surface area contributed by atoms with Crippen LogP contribution in [0.4, 0.5) is 0 Å². The van der Waals surface area contributed by atoms with Crippen molar-refractivity contribution in [3.63, 3.8) is 0 Å². The van der Waals surface area contributed by atoms with Crippen LogP contribution < -0.4 is 0 Å². The van der Waals surface area contributed by atoms with Gasteiger partial charge in [0.2, 0.25) is 0 Å². The highest BCUT2D eigenvalue weighted by Crippen LogP contribution is 2.18. The summed E-state index contributed by atoms with van der Waals surface area (Å²) in [6.45, 7) is 2.17. The summed E-state index contributed by atoms with van der Waals surface area (Å²) in [5.74, 6) is -0.118. The van der Waals surface area contributed by atoms with E-state index in [1.54, 1.807) is 13.0 Å². The second kappa shape index (κ2) is 4.04. The topological polar surface area (TPSA) is 43.4 Å². The van der Waals surface area contributed by atoms with Gasteiger partial charge in [-0.2, -0.15) is 0 Å². The summed E-state index contributed by atoms with van der Waals surface area (Å²) in [5.41, 5.74) is 0.901. The van der Waals surface area contributed by atoms with Gasteiger partial charge in [0, 0.05) is 6.42 Å². The normalized spacial score (nSPS) is 16.1. The van der Waals surface area contributed by atoms with Crippen LogP contribution in [0.2, 0.25) is 0 Å². The Morgan fingerprint density at radius 2 is 2.33 bits per heavy atom. The van der Waals surface area contributed by atoms with Gasteiger partial charge in [-0.25, -0.2) is 0 Å². The quantitative estimate of drug-likeness (QED) is 0.595. The van der Waals surface area contributed by atoms with E-state index in [0.29, 0.717) is 13.0 Å². The number of hydrogen-bond donors (Lipinski definition) is 0. The van der Waals surface area contributed by atoms with Crippen LogP contribution in [0.25, 0.3) is 0 Å².